The van der Waals surface area contributed by atoms with Crippen molar-refractivity contribution in [3.05, 3.63) is 102 Å². The van der Waals surface area contributed by atoms with E-state index in [1.807, 2.05) is 12.1 Å². The van der Waals surface area contributed by atoms with Crippen LogP contribution in [0, 0.1) is 125 Å². The van der Waals surface area contributed by atoms with E-state index < -0.39 is 45.1 Å². The summed E-state index contributed by atoms with van der Waals surface area (Å²) in [6.45, 7) is 32.6. The van der Waals surface area contributed by atoms with Crippen molar-refractivity contribution < 1.29 is 17.6 Å². The van der Waals surface area contributed by atoms with Crippen LogP contribution in [0.2, 0.25) is 0 Å². The molecule has 0 fully saturated rings. The minimum Gasteiger partial charge on any atom is -0.358 e. The summed E-state index contributed by atoms with van der Waals surface area (Å²) < 4.78 is 54.6. The van der Waals surface area contributed by atoms with Gasteiger partial charge in [-0.3, -0.25) is 0 Å². The maximum atomic E-state index is 13.6. The predicted octanol–water partition coefficient (Wildman–Crippen LogP) is 4.03. The molecule has 3 aromatic heterocycles. The second-order valence-corrected chi connectivity index (χ2v) is 8.75. The van der Waals surface area contributed by atoms with Crippen LogP contribution in [0.5, 0.6) is 0 Å². The van der Waals surface area contributed by atoms with Crippen LogP contribution in [-0.2, 0) is 0 Å². The van der Waals surface area contributed by atoms with Crippen molar-refractivity contribution in [2.75, 3.05) is 0 Å². The second-order valence-electron chi connectivity index (χ2n) is 8.75. The van der Waals surface area contributed by atoms with E-state index in [-0.39, 0.29) is 61.8 Å². The average molecular weight is 676 g/mol. The fourth-order valence-electron chi connectivity index (χ4n) is 4.10. The van der Waals surface area contributed by atoms with E-state index in [4.69, 9.17) is 42.1 Å². The number of fused-ring (bicyclic) bond motifs is 6. The highest BCUT2D eigenvalue weighted by Gasteiger charge is 2.27. The highest BCUT2D eigenvalue weighted by molar-refractivity contribution is 6.18. The van der Waals surface area contributed by atoms with E-state index in [1.54, 1.807) is 13.0 Å². The lowest BCUT2D eigenvalue weighted by molar-refractivity contribution is 0.434. The second kappa shape index (κ2) is 14.9. The zero-order valence-corrected chi connectivity index (χ0v) is 24.7. The minimum absolute atomic E-state index is 0.0407. The fourth-order valence-corrected chi connectivity index (χ4v) is 4.10. The summed E-state index contributed by atoms with van der Waals surface area (Å²) in [5.74, 6) is -9.75. The van der Waals surface area contributed by atoms with E-state index in [2.05, 4.69) is 55.9 Å². The Labute approximate surface area is 281 Å². The Morgan fingerprint density at radius 3 is 1.22 bits per heavy atom. The van der Waals surface area contributed by atoms with E-state index in [0.717, 1.165) is 12.1 Å². The summed E-state index contributed by atoms with van der Waals surface area (Å²) in [4.78, 5) is 36.7. The molecule has 0 spiro atoms. The molecule has 236 valence electrons. The lowest BCUT2D eigenvalue weighted by Crippen LogP contribution is -2.30. The molecule has 0 aliphatic rings. The van der Waals surface area contributed by atoms with Gasteiger partial charge in [0, 0.05) is 6.57 Å². The average Bonchev–Trinajstić information content (AvgIpc) is 3.17. The lowest BCUT2D eigenvalue weighted by Gasteiger charge is -2.06. The van der Waals surface area contributed by atoms with Gasteiger partial charge < -0.3 is 9.69 Å². The molecular weight excluding hydrogens is 672 g/mol. The van der Waals surface area contributed by atoms with E-state index in [1.165, 1.54) is 0 Å². The topological polar surface area (TPSA) is 238 Å². The SMILES string of the molecule is C#N.[C-]#[N+]C([N+]#[C-])=c1c(F)c(F)c(=C(C#N)C#N)c(F)c1F.[C-]#[N+]c1nc2c(nc1C#N)c1nc(C)c(C#N)nc1c1nc(C#N)c([N+]#[C-])nc12. The van der Waals surface area contributed by atoms with Gasteiger partial charge in [0.05, 0.1) is 10.9 Å². The number of halogens is 4. The third-order valence-corrected chi connectivity index (χ3v) is 6.20. The number of nitrogens with zero attached hydrogens (tertiary/aromatic N) is 16. The summed E-state index contributed by atoms with van der Waals surface area (Å²) in [5.41, 5.74) is -0.523. The van der Waals surface area contributed by atoms with Gasteiger partial charge in [0.2, 0.25) is 11.0 Å². The molecule has 16 nitrogen and oxygen atoms in total. The van der Waals surface area contributed by atoms with Crippen LogP contribution in [0.15, 0.2) is 0 Å². The molecule has 3 heterocycles. The molecule has 0 unspecified atom stereocenters. The molecule has 51 heavy (non-hydrogen) atoms. The predicted molar refractivity (Wildman–Crippen MR) is 161 cm³/mol. The van der Waals surface area contributed by atoms with Gasteiger partial charge in [-0.05, 0) is 6.92 Å². The first-order valence-corrected chi connectivity index (χ1v) is 12.6. The highest BCUT2D eigenvalue weighted by atomic mass is 19.2. The van der Waals surface area contributed by atoms with Gasteiger partial charge in [-0.15, -0.1) is 9.97 Å². The quantitative estimate of drug-likeness (QED) is 0.0978. The molecule has 0 aliphatic heterocycles. The Morgan fingerprint density at radius 2 is 0.882 bits per heavy atom. The molecule has 5 rings (SSSR count). The molecule has 0 aliphatic carbocycles. The number of nitriles is 6. The largest absolute Gasteiger partial charge is 0.532 e. The Bertz CT molecular complexity index is 2750. The third-order valence-electron chi connectivity index (χ3n) is 6.20. The molecule has 0 radical (unpaired) electrons. The number of aromatic nitrogens is 6. The Kier molecular flexibility index (Phi) is 10.6. The summed E-state index contributed by atoms with van der Waals surface area (Å²) >= 11 is 0. The van der Waals surface area contributed by atoms with Crippen molar-refractivity contribution >= 4 is 56.1 Å². The molecule has 5 aromatic rings. The van der Waals surface area contributed by atoms with E-state index in [9.17, 15) is 33.3 Å². The van der Waals surface area contributed by atoms with Crippen molar-refractivity contribution in [1.29, 1.82) is 31.6 Å². The Balaban J connectivity index is 0.000000281. The van der Waals surface area contributed by atoms with Gasteiger partial charge in [0.15, 0.2) is 40.4 Å². The third kappa shape index (κ3) is 6.05. The van der Waals surface area contributed by atoms with Crippen LogP contribution in [-0.4, -0.2) is 29.9 Å². The van der Waals surface area contributed by atoms with Crippen molar-refractivity contribution in [2.45, 2.75) is 6.92 Å². The molecule has 0 N–H and O–H groups in total. The summed E-state index contributed by atoms with van der Waals surface area (Å²) in [6, 6.07) is 7.74. The van der Waals surface area contributed by atoms with Crippen molar-refractivity contribution in [2.24, 2.45) is 0 Å². The van der Waals surface area contributed by atoms with Gasteiger partial charge in [0.25, 0.3) is 0 Å². The molecule has 0 saturated carbocycles. The lowest BCUT2D eigenvalue weighted by atomic mass is 10.1. The van der Waals surface area contributed by atoms with Crippen LogP contribution in [0.4, 0.5) is 29.2 Å². The van der Waals surface area contributed by atoms with Crippen LogP contribution < -0.4 is 10.4 Å². The zero-order chi connectivity index (χ0) is 38.2. The summed E-state index contributed by atoms with van der Waals surface area (Å²) in [6.07, 6.45) is 0. The molecule has 0 saturated heterocycles. The minimum atomic E-state index is -2.01. The van der Waals surface area contributed by atoms with Crippen LogP contribution in [0.1, 0.15) is 22.8 Å². The normalized spacial score (nSPS) is 9.22. The first kappa shape index (κ1) is 36.3. The van der Waals surface area contributed by atoms with Crippen LogP contribution >= 0.6 is 0 Å². The number of benzene rings is 2. The Morgan fingerprint density at radius 1 is 0.549 bits per heavy atom. The highest BCUT2D eigenvalue weighted by Crippen LogP contribution is 2.33. The standard InChI is InChI=1S/C18H3N11.C12F4N4.CHN/c1-7-8(4-19)25-12-11(24-7)13-15(28-17(22-2)9(5-20)26-13)16-14(12)27-10(6-21)18(23-3)29-16;1-19-12(20-2)7-10(15)8(13)6(5(3-17)4-18)9(14)11(7)16;1-2/h1H3;;1H. The van der Waals surface area contributed by atoms with Gasteiger partial charge in [-0.1, -0.05) is 13.1 Å². The van der Waals surface area contributed by atoms with Crippen LogP contribution in [0.25, 0.3) is 63.9 Å². The summed E-state index contributed by atoms with van der Waals surface area (Å²) in [5, 5.41) is 48.5. The maximum absolute atomic E-state index is 13.6. The number of hydrogen-bond donors (Lipinski definition) is 0. The van der Waals surface area contributed by atoms with Gasteiger partial charge >= 0.3 is 17.5 Å². The monoisotopic (exact) mass is 676 g/mol. The number of aryl methyl sites for hydroxylation is 1. The van der Waals surface area contributed by atoms with Crippen LogP contribution in [0.3, 0.4) is 0 Å². The molecule has 2 aromatic carbocycles. The zero-order valence-electron chi connectivity index (χ0n) is 24.7. The molecule has 0 atom stereocenters. The Hall–Kier alpha value is -9.18. The fraction of sp³-hybridized carbons (Fsp3) is 0.0323. The van der Waals surface area contributed by atoms with Gasteiger partial charge in [0.1, 0.15) is 76.3 Å². The van der Waals surface area contributed by atoms with Crippen molar-refractivity contribution in [3.8, 4) is 36.9 Å². The molecule has 0 bridgehead atoms. The maximum Gasteiger partial charge on any atom is 0.532 e. The van der Waals surface area contributed by atoms with Crippen molar-refractivity contribution in [3.63, 3.8) is 0 Å². The van der Waals surface area contributed by atoms with E-state index >= 15 is 0 Å². The molecule has 20 heteroatoms. The first-order valence-electron chi connectivity index (χ1n) is 12.6. The smallest absolute Gasteiger partial charge is 0.358 e. The number of hydrogen-bond acceptors (Lipinski definition) is 12. The number of rotatable bonds is 0. The first-order chi connectivity index (χ1) is 24.5. The van der Waals surface area contributed by atoms with Gasteiger partial charge in [-0.25, -0.2) is 42.8 Å². The molecule has 0 amide bonds. The molecular formula is C31H4F4N16. The summed E-state index contributed by atoms with van der Waals surface area (Å²) in [7, 11) is 0. The van der Waals surface area contributed by atoms with Gasteiger partial charge in [-0.2, -0.15) is 36.0 Å². The van der Waals surface area contributed by atoms with Crippen molar-refractivity contribution in [1.82, 2.24) is 29.9 Å². The van der Waals surface area contributed by atoms with E-state index in [0.29, 0.717) is 5.69 Å².